The first-order chi connectivity index (χ1) is 9.52. The van der Waals surface area contributed by atoms with Crippen LogP contribution in [0.1, 0.15) is 26.2 Å². The summed E-state index contributed by atoms with van der Waals surface area (Å²) in [6.45, 7) is 2.05. The second kappa shape index (κ2) is 7.88. The van der Waals surface area contributed by atoms with Gasteiger partial charge in [0.25, 0.3) is 5.69 Å². The molecule has 1 N–H and O–H groups in total. The number of benzene rings is 1. The summed E-state index contributed by atoms with van der Waals surface area (Å²) in [7, 11) is 0. The number of nitrogens with one attached hydrogen (secondary N) is 1. The zero-order chi connectivity index (χ0) is 15.0. The van der Waals surface area contributed by atoms with E-state index in [-0.39, 0.29) is 30.4 Å². The molecular formula is C13H16N2O5. The van der Waals surface area contributed by atoms with Crippen molar-refractivity contribution in [2.45, 2.75) is 26.2 Å². The van der Waals surface area contributed by atoms with Gasteiger partial charge >= 0.3 is 5.97 Å². The van der Waals surface area contributed by atoms with Gasteiger partial charge in [-0.3, -0.25) is 19.7 Å². The Hall–Kier alpha value is -2.44. The van der Waals surface area contributed by atoms with Gasteiger partial charge in [0.1, 0.15) is 0 Å². The predicted octanol–water partition coefficient (Wildman–Crippen LogP) is 2.27. The third-order valence-corrected chi connectivity index (χ3v) is 2.45. The van der Waals surface area contributed by atoms with Gasteiger partial charge in [0.05, 0.1) is 11.5 Å². The van der Waals surface area contributed by atoms with E-state index in [0.29, 0.717) is 18.7 Å². The lowest BCUT2D eigenvalue weighted by Crippen LogP contribution is -2.12. The van der Waals surface area contributed by atoms with Gasteiger partial charge in [-0.15, -0.1) is 0 Å². The van der Waals surface area contributed by atoms with E-state index in [1.165, 1.54) is 24.3 Å². The van der Waals surface area contributed by atoms with Gasteiger partial charge in [-0.25, -0.2) is 0 Å². The number of rotatable bonds is 7. The summed E-state index contributed by atoms with van der Waals surface area (Å²) < 4.78 is 4.74. The maximum atomic E-state index is 11.6. The minimum Gasteiger partial charge on any atom is -0.466 e. The molecule has 0 fully saturated rings. The van der Waals surface area contributed by atoms with Crippen molar-refractivity contribution in [1.82, 2.24) is 0 Å². The fourth-order valence-corrected chi connectivity index (χ4v) is 1.52. The van der Waals surface area contributed by atoms with E-state index in [9.17, 15) is 19.7 Å². The molecule has 0 aromatic heterocycles. The summed E-state index contributed by atoms with van der Waals surface area (Å²) >= 11 is 0. The fourth-order valence-electron chi connectivity index (χ4n) is 1.52. The molecule has 1 rings (SSSR count). The molecule has 0 bridgehead atoms. The van der Waals surface area contributed by atoms with Gasteiger partial charge in [-0.2, -0.15) is 0 Å². The molecule has 20 heavy (non-hydrogen) atoms. The summed E-state index contributed by atoms with van der Waals surface area (Å²) in [6, 6.07) is 5.55. The quantitative estimate of drug-likeness (QED) is 0.469. The average Bonchev–Trinajstić information content (AvgIpc) is 2.39. The van der Waals surface area contributed by atoms with Crippen LogP contribution in [0.3, 0.4) is 0 Å². The molecule has 7 heteroatoms. The minimum absolute atomic E-state index is 0.0367. The first kappa shape index (κ1) is 15.6. The van der Waals surface area contributed by atoms with Crippen LogP contribution < -0.4 is 5.32 Å². The molecule has 0 aliphatic heterocycles. The summed E-state index contributed by atoms with van der Waals surface area (Å²) in [5.74, 6) is -0.571. The minimum atomic E-state index is -0.509. The van der Waals surface area contributed by atoms with E-state index in [1.807, 2.05) is 0 Å². The highest BCUT2D eigenvalue weighted by Gasteiger charge is 2.08. The predicted molar refractivity (Wildman–Crippen MR) is 72.2 cm³/mol. The molecule has 1 aromatic rings. The number of esters is 1. The fraction of sp³-hybridized carbons (Fsp3) is 0.385. The van der Waals surface area contributed by atoms with Crippen molar-refractivity contribution in [3.05, 3.63) is 34.4 Å². The van der Waals surface area contributed by atoms with E-state index >= 15 is 0 Å². The number of non-ortho nitro benzene ring substituents is 1. The molecule has 0 aliphatic rings. The Morgan fingerprint density at radius 2 is 1.90 bits per heavy atom. The van der Waals surface area contributed by atoms with Crippen LogP contribution in [0.15, 0.2) is 24.3 Å². The van der Waals surface area contributed by atoms with Gasteiger partial charge in [0.2, 0.25) is 5.91 Å². The molecule has 0 saturated heterocycles. The number of hydrogen-bond donors (Lipinski definition) is 1. The number of nitrogens with zero attached hydrogens (tertiary/aromatic N) is 1. The highest BCUT2D eigenvalue weighted by Crippen LogP contribution is 2.15. The monoisotopic (exact) mass is 280 g/mol. The number of carbonyl (C=O) groups excluding carboxylic acids is 2. The third-order valence-electron chi connectivity index (χ3n) is 2.45. The summed E-state index contributed by atoms with van der Waals surface area (Å²) in [5, 5.41) is 13.1. The number of hydrogen-bond acceptors (Lipinski definition) is 5. The van der Waals surface area contributed by atoms with Crippen molar-refractivity contribution in [2.24, 2.45) is 0 Å². The van der Waals surface area contributed by atoms with Gasteiger partial charge < -0.3 is 10.1 Å². The first-order valence-corrected chi connectivity index (χ1v) is 6.23. The standard InChI is InChI=1S/C13H16N2O5/c1-2-20-13(17)5-3-4-12(16)14-10-6-8-11(9-7-10)15(18)19/h6-9H,2-5H2,1H3,(H,14,16). The third kappa shape index (κ3) is 5.47. The smallest absolute Gasteiger partial charge is 0.305 e. The topological polar surface area (TPSA) is 98.5 Å². The largest absolute Gasteiger partial charge is 0.466 e. The van der Waals surface area contributed by atoms with Crippen LogP contribution in [-0.2, 0) is 14.3 Å². The highest BCUT2D eigenvalue weighted by atomic mass is 16.6. The number of carbonyl (C=O) groups is 2. The van der Waals surface area contributed by atoms with E-state index in [1.54, 1.807) is 6.92 Å². The Balaban J connectivity index is 2.35. The van der Waals surface area contributed by atoms with Crippen LogP contribution in [0.25, 0.3) is 0 Å². The van der Waals surface area contributed by atoms with Crippen molar-refractivity contribution in [3.8, 4) is 0 Å². The van der Waals surface area contributed by atoms with Gasteiger partial charge in [0, 0.05) is 30.7 Å². The molecule has 0 heterocycles. The zero-order valence-corrected chi connectivity index (χ0v) is 11.1. The molecule has 0 aliphatic carbocycles. The van der Waals surface area contributed by atoms with Crippen LogP contribution in [0.4, 0.5) is 11.4 Å². The van der Waals surface area contributed by atoms with Crippen LogP contribution in [-0.4, -0.2) is 23.4 Å². The van der Waals surface area contributed by atoms with E-state index in [4.69, 9.17) is 4.74 Å². The van der Waals surface area contributed by atoms with Crippen LogP contribution in [0, 0.1) is 10.1 Å². The lowest BCUT2D eigenvalue weighted by Gasteiger charge is -2.05. The Kier molecular flexibility index (Phi) is 6.15. The van der Waals surface area contributed by atoms with Gasteiger partial charge in [0.15, 0.2) is 0 Å². The molecule has 108 valence electrons. The molecule has 1 amide bonds. The van der Waals surface area contributed by atoms with Crippen molar-refractivity contribution in [1.29, 1.82) is 0 Å². The highest BCUT2D eigenvalue weighted by molar-refractivity contribution is 5.91. The Morgan fingerprint density at radius 3 is 2.45 bits per heavy atom. The SMILES string of the molecule is CCOC(=O)CCCC(=O)Nc1ccc([N+](=O)[O-])cc1. The van der Waals surface area contributed by atoms with Gasteiger partial charge in [-0.05, 0) is 25.5 Å². The van der Waals surface area contributed by atoms with Crippen molar-refractivity contribution in [3.63, 3.8) is 0 Å². The second-order valence-electron chi connectivity index (χ2n) is 4.01. The first-order valence-electron chi connectivity index (χ1n) is 6.23. The summed E-state index contributed by atoms with van der Waals surface area (Å²) in [4.78, 5) is 32.6. The molecule has 0 saturated carbocycles. The normalized spacial score (nSPS) is 9.85. The number of nitro benzene ring substituents is 1. The molecule has 0 atom stereocenters. The number of amides is 1. The Labute approximate surface area is 116 Å². The molecule has 0 spiro atoms. The summed E-state index contributed by atoms with van der Waals surface area (Å²) in [5.41, 5.74) is 0.446. The van der Waals surface area contributed by atoms with E-state index in [2.05, 4.69) is 5.32 Å². The maximum absolute atomic E-state index is 11.6. The Bertz CT molecular complexity index is 484. The van der Waals surface area contributed by atoms with Gasteiger partial charge in [-0.1, -0.05) is 0 Å². The van der Waals surface area contributed by atoms with Crippen LogP contribution >= 0.6 is 0 Å². The molecule has 0 unspecified atom stereocenters. The maximum Gasteiger partial charge on any atom is 0.305 e. The summed E-state index contributed by atoms with van der Waals surface area (Å²) in [6.07, 6.45) is 0.787. The molecule has 0 radical (unpaired) electrons. The van der Waals surface area contributed by atoms with Crippen LogP contribution in [0.5, 0.6) is 0 Å². The van der Waals surface area contributed by atoms with Crippen molar-refractivity contribution < 1.29 is 19.2 Å². The number of ether oxygens (including phenoxy) is 1. The van der Waals surface area contributed by atoms with Crippen LogP contribution in [0.2, 0.25) is 0 Å². The van der Waals surface area contributed by atoms with E-state index < -0.39 is 4.92 Å². The Morgan fingerprint density at radius 1 is 1.25 bits per heavy atom. The van der Waals surface area contributed by atoms with Crippen molar-refractivity contribution >= 4 is 23.3 Å². The molecule has 7 nitrogen and oxygen atoms in total. The average molecular weight is 280 g/mol. The van der Waals surface area contributed by atoms with E-state index in [0.717, 1.165) is 0 Å². The molecular weight excluding hydrogens is 264 g/mol. The second-order valence-corrected chi connectivity index (χ2v) is 4.01. The number of anilines is 1. The molecule has 1 aromatic carbocycles. The lowest BCUT2D eigenvalue weighted by atomic mass is 10.2. The lowest BCUT2D eigenvalue weighted by molar-refractivity contribution is -0.384. The van der Waals surface area contributed by atoms with Crippen molar-refractivity contribution in [2.75, 3.05) is 11.9 Å². The zero-order valence-electron chi connectivity index (χ0n) is 11.1. The number of nitro groups is 1.